The molecule has 2 aromatic carbocycles. The number of para-hydroxylation sites is 1. The van der Waals surface area contributed by atoms with Crippen molar-refractivity contribution in [3.8, 4) is 5.75 Å². The number of urea groups is 1. The molecule has 2 aromatic rings. The van der Waals surface area contributed by atoms with Gasteiger partial charge in [-0.3, -0.25) is 4.79 Å². The van der Waals surface area contributed by atoms with Crippen LogP contribution in [0, 0.1) is 0 Å². The first kappa shape index (κ1) is 21.2. The lowest BCUT2D eigenvalue weighted by Gasteiger charge is -2.32. The molecule has 1 fully saturated rings. The summed E-state index contributed by atoms with van der Waals surface area (Å²) in [5, 5.41) is 5.98. The quantitative estimate of drug-likeness (QED) is 0.601. The SMILES string of the molecule is O=C(CCCOc1cccc(Br)c1)NC1CCN(C(=O)Nc2ccccc2)CC1. The molecule has 1 heterocycles. The molecule has 0 saturated carbocycles. The number of halogens is 1. The maximum atomic E-state index is 12.3. The lowest BCUT2D eigenvalue weighted by atomic mass is 10.1. The zero-order chi connectivity index (χ0) is 20.5. The number of benzene rings is 2. The maximum absolute atomic E-state index is 12.3. The van der Waals surface area contributed by atoms with Gasteiger partial charge in [0, 0.05) is 35.7 Å². The van der Waals surface area contributed by atoms with Crippen LogP contribution in [0.25, 0.3) is 0 Å². The highest BCUT2D eigenvalue weighted by Gasteiger charge is 2.23. The molecule has 154 valence electrons. The van der Waals surface area contributed by atoms with E-state index in [1.54, 1.807) is 4.90 Å². The van der Waals surface area contributed by atoms with Gasteiger partial charge < -0.3 is 20.3 Å². The third-order valence-electron chi connectivity index (χ3n) is 4.79. The van der Waals surface area contributed by atoms with Crippen LogP contribution in [0.4, 0.5) is 10.5 Å². The molecule has 0 aromatic heterocycles. The number of carbonyl (C=O) groups is 2. The summed E-state index contributed by atoms with van der Waals surface area (Å²) in [5.41, 5.74) is 0.790. The third-order valence-corrected chi connectivity index (χ3v) is 5.28. The molecule has 0 atom stereocenters. The Bertz CT molecular complexity index is 808. The summed E-state index contributed by atoms with van der Waals surface area (Å²) in [6, 6.07) is 17.1. The normalized spacial score (nSPS) is 14.3. The highest BCUT2D eigenvalue weighted by molar-refractivity contribution is 9.10. The largest absolute Gasteiger partial charge is 0.494 e. The molecule has 1 aliphatic heterocycles. The molecular weight excluding hydrogens is 434 g/mol. The van der Waals surface area contributed by atoms with Crippen LogP contribution in [0.15, 0.2) is 59.1 Å². The average Bonchev–Trinajstić information content (AvgIpc) is 2.72. The van der Waals surface area contributed by atoms with E-state index in [1.807, 2.05) is 54.6 Å². The summed E-state index contributed by atoms with van der Waals surface area (Å²) < 4.78 is 6.62. The molecule has 0 unspecified atom stereocenters. The minimum atomic E-state index is -0.0920. The number of rotatable bonds is 7. The van der Waals surface area contributed by atoms with Gasteiger partial charge in [-0.05, 0) is 49.6 Å². The Morgan fingerprint density at radius 1 is 1.07 bits per heavy atom. The van der Waals surface area contributed by atoms with Gasteiger partial charge >= 0.3 is 6.03 Å². The number of ether oxygens (including phenoxy) is 1. The lowest BCUT2D eigenvalue weighted by Crippen LogP contribution is -2.47. The predicted molar refractivity (Wildman–Crippen MR) is 117 cm³/mol. The average molecular weight is 460 g/mol. The molecule has 0 spiro atoms. The van der Waals surface area contributed by atoms with Crippen LogP contribution in [-0.2, 0) is 4.79 Å². The van der Waals surface area contributed by atoms with Crippen molar-refractivity contribution in [2.45, 2.75) is 31.7 Å². The summed E-state index contributed by atoms with van der Waals surface area (Å²) in [6.45, 7) is 1.77. The minimum Gasteiger partial charge on any atom is -0.494 e. The number of piperidine rings is 1. The first-order chi connectivity index (χ1) is 14.1. The van der Waals surface area contributed by atoms with Gasteiger partial charge in [0.2, 0.25) is 5.91 Å². The summed E-state index contributed by atoms with van der Waals surface area (Å²) in [6.07, 6.45) is 2.63. The van der Waals surface area contributed by atoms with Crippen molar-refractivity contribution in [2.24, 2.45) is 0 Å². The van der Waals surface area contributed by atoms with Crippen LogP contribution in [0.3, 0.4) is 0 Å². The molecule has 7 heteroatoms. The fraction of sp³-hybridized carbons (Fsp3) is 0.364. The second-order valence-corrected chi connectivity index (χ2v) is 7.95. The highest BCUT2D eigenvalue weighted by atomic mass is 79.9. The standard InChI is InChI=1S/C22H26BrN3O3/c23-17-6-4-9-20(16-17)29-15-5-10-21(27)24-19-11-13-26(14-12-19)22(28)25-18-7-2-1-3-8-18/h1-4,6-9,16,19H,5,10-15H2,(H,24,27)(H,25,28). The fourth-order valence-electron chi connectivity index (χ4n) is 3.23. The molecule has 0 radical (unpaired) electrons. The number of hydrogen-bond donors (Lipinski definition) is 2. The number of carbonyl (C=O) groups excluding carboxylic acids is 2. The van der Waals surface area contributed by atoms with Crippen LogP contribution < -0.4 is 15.4 Å². The van der Waals surface area contributed by atoms with E-state index >= 15 is 0 Å². The van der Waals surface area contributed by atoms with E-state index in [2.05, 4.69) is 26.6 Å². The second-order valence-electron chi connectivity index (χ2n) is 7.03. The Morgan fingerprint density at radius 3 is 2.55 bits per heavy atom. The van der Waals surface area contributed by atoms with E-state index in [9.17, 15) is 9.59 Å². The molecule has 2 N–H and O–H groups in total. The van der Waals surface area contributed by atoms with E-state index in [0.29, 0.717) is 32.5 Å². The monoisotopic (exact) mass is 459 g/mol. The van der Waals surface area contributed by atoms with Gasteiger partial charge in [-0.15, -0.1) is 0 Å². The van der Waals surface area contributed by atoms with E-state index in [4.69, 9.17) is 4.74 Å². The van der Waals surface area contributed by atoms with Gasteiger partial charge in [-0.25, -0.2) is 4.79 Å². The number of anilines is 1. The zero-order valence-corrected chi connectivity index (χ0v) is 17.9. The van der Waals surface area contributed by atoms with Crippen molar-refractivity contribution in [1.82, 2.24) is 10.2 Å². The summed E-state index contributed by atoms with van der Waals surface area (Å²) >= 11 is 3.41. The first-order valence-corrected chi connectivity index (χ1v) is 10.7. The van der Waals surface area contributed by atoms with Crippen LogP contribution in [0.2, 0.25) is 0 Å². The molecule has 3 rings (SSSR count). The Balaban J connectivity index is 1.30. The van der Waals surface area contributed by atoms with Gasteiger partial charge in [-0.1, -0.05) is 40.2 Å². The van der Waals surface area contributed by atoms with Crippen molar-refractivity contribution < 1.29 is 14.3 Å². The van der Waals surface area contributed by atoms with Gasteiger partial charge in [0.05, 0.1) is 6.61 Å². The number of amides is 3. The molecule has 6 nitrogen and oxygen atoms in total. The van der Waals surface area contributed by atoms with Crippen LogP contribution in [-0.4, -0.2) is 42.6 Å². The highest BCUT2D eigenvalue weighted by Crippen LogP contribution is 2.18. The molecule has 0 aliphatic carbocycles. The van der Waals surface area contributed by atoms with Crippen LogP contribution in [0.5, 0.6) is 5.75 Å². The lowest BCUT2D eigenvalue weighted by molar-refractivity contribution is -0.122. The second kappa shape index (κ2) is 10.9. The zero-order valence-electron chi connectivity index (χ0n) is 16.3. The van der Waals surface area contributed by atoms with Crippen molar-refractivity contribution in [2.75, 3.05) is 25.0 Å². The van der Waals surface area contributed by atoms with Crippen molar-refractivity contribution in [1.29, 1.82) is 0 Å². The predicted octanol–water partition coefficient (Wildman–Crippen LogP) is 4.42. The van der Waals surface area contributed by atoms with Crippen LogP contribution in [0.1, 0.15) is 25.7 Å². The Hall–Kier alpha value is -2.54. The fourth-order valence-corrected chi connectivity index (χ4v) is 3.61. The first-order valence-electron chi connectivity index (χ1n) is 9.89. The number of nitrogens with zero attached hydrogens (tertiary/aromatic N) is 1. The minimum absolute atomic E-state index is 0.0371. The maximum Gasteiger partial charge on any atom is 0.321 e. The smallest absolute Gasteiger partial charge is 0.321 e. The van der Waals surface area contributed by atoms with E-state index < -0.39 is 0 Å². The molecule has 29 heavy (non-hydrogen) atoms. The Kier molecular flexibility index (Phi) is 7.93. The van der Waals surface area contributed by atoms with Crippen molar-refractivity contribution in [3.63, 3.8) is 0 Å². The molecule has 1 aliphatic rings. The van der Waals surface area contributed by atoms with Gasteiger partial charge in [0.25, 0.3) is 0 Å². The molecule has 0 bridgehead atoms. The topological polar surface area (TPSA) is 70.7 Å². The third kappa shape index (κ3) is 7.09. The summed E-state index contributed by atoms with van der Waals surface area (Å²) in [7, 11) is 0. The number of nitrogens with one attached hydrogen (secondary N) is 2. The van der Waals surface area contributed by atoms with Gasteiger partial charge in [0.1, 0.15) is 5.75 Å². The van der Waals surface area contributed by atoms with Gasteiger partial charge in [-0.2, -0.15) is 0 Å². The number of likely N-dealkylation sites (tertiary alicyclic amines) is 1. The summed E-state index contributed by atoms with van der Waals surface area (Å²) in [5.74, 6) is 0.830. The summed E-state index contributed by atoms with van der Waals surface area (Å²) in [4.78, 5) is 26.3. The Labute approximate surface area is 179 Å². The van der Waals surface area contributed by atoms with E-state index in [1.165, 1.54) is 0 Å². The molecule has 1 saturated heterocycles. The van der Waals surface area contributed by atoms with Gasteiger partial charge in [0.15, 0.2) is 0 Å². The Morgan fingerprint density at radius 2 is 1.83 bits per heavy atom. The van der Waals surface area contributed by atoms with E-state index in [-0.39, 0.29) is 18.0 Å². The molecule has 3 amide bonds. The van der Waals surface area contributed by atoms with Crippen molar-refractivity contribution in [3.05, 3.63) is 59.1 Å². The van der Waals surface area contributed by atoms with Crippen LogP contribution >= 0.6 is 15.9 Å². The number of hydrogen-bond acceptors (Lipinski definition) is 3. The molecular formula is C22H26BrN3O3. The van der Waals surface area contributed by atoms with E-state index in [0.717, 1.165) is 28.8 Å². The van der Waals surface area contributed by atoms with Crippen molar-refractivity contribution >= 4 is 33.6 Å².